The predicted octanol–water partition coefficient (Wildman–Crippen LogP) is 10.1. The second-order valence-corrected chi connectivity index (χ2v) is 22.5. The second kappa shape index (κ2) is 22.8. The van der Waals surface area contributed by atoms with Gasteiger partial charge in [0.25, 0.3) is 0 Å². The topological polar surface area (TPSA) is 55.8 Å². The molecule has 0 saturated heterocycles. The summed E-state index contributed by atoms with van der Waals surface area (Å²) in [5, 5.41) is 0.905. The summed E-state index contributed by atoms with van der Waals surface area (Å²) in [5.74, 6) is 0. The van der Waals surface area contributed by atoms with E-state index in [2.05, 4.69) is 36.2 Å². The zero-order valence-electron chi connectivity index (χ0n) is 22.6. The predicted molar refractivity (Wildman–Crippen MR) is 148 cm³/mol. The van der Waals surface area contributed by atoms with Crippen LogP contribution in [-0.2, 0) is 13.6 Å². The van der Waals surface area contributed by atoms with E-state index in [1.165, 1.54) is 103 Å². The van der Waals surface area contributed by atoms with Gasteiger partial charge in [-0.1, -0.05) is 70.4 Å². The van der Waals surface area contributed by atoms with Gasteiger partial charge in [0.05, 0.1) is 0 Å². The molecule has 0 rings (SSSR count). The third-order valence-electron chi connectivity index (χ3n) is 5.93. The van der Waals surface area contributed by atoms with Crippen molar-refractivity contribution in [2.75, 3.05) is 13.2 Å². The van der Waals surface area contributed by atoms with Crippen LogP contribution in [0.4, 0.5) is 0 Å². The van der Waals surface area contributed by atoms with Crippen LogP contribution in [0.25, 0.3) is 0 Å². The monoisotopic (exact) mass is 551 g/mol. The van der Waals surface area contributed by atoms with Crippen LogP contribution in [0.15, 0.2) is 12.2 Å². The molecule has 199 valence electrons. The third-order valence-corrected chi connectivity index (χ3v) is 10.1. The molecule has 0 aliphatic rings. The standard InChI is InChI=1S/C27H57AsO4P/c1-5-6-7-8-9-10-11-12-13-14-15-16-17-18-19-20-21-22-23-24-26-31-33(29,30)32-27-25-28(2,3)4/h12-13H,5-11,14-27H2,1-4H3,(H,29,30)/b13-12-. The molecular formula is C27H57AsO4P. The maximum absolute atomic E-state index is 11.8. The normalized spacial score (nSPS) is 14.2. The fraction of sp³-hybridized carbons (Fsp3) is 0.926. The Balaban J connectivity index is 3.29. The van der Waals surface area contributed by atoms with E-state index >= 15 is 0 Å². The van der Waals surface area contributed by atoms with Crippen molar-refractivity contribution in [3.63, 3.8) is 0 Å². The summed E-state index contributed by atoms with van der Waals surface area (Å²) in [7, 11) is -3.85. The summed E-state index contributed by atoms with van der Waals surface area (Å²) < 4.78 is 22.0. The van der Waals surface area contributed by atoms with E-state index in [0.717, 1.165) is 18.1 Å². The Morgan fingerprint density at radius 1 is 0.636 bits per heavy atom. The Morgan fingerprint density at radius 3 is 1.48 bits per heavy atom. The Kier molecular flexibility index (Phi) is 23.1. The quantitative estimate of drug-likeness (QED) is 0.0531. The molecule has 1 atom stereocenters. The SMILES string of the molecule is CCCCCCCC/C=C\CCCCCCCCCCCCOP(=O)(O)OCC[As](C)(C)C. The number of unbranched alkanes of at least 4 members (excludes halogenated alkanes) is 16. The third kappa shape index (κ3) is 28.5. The van der Waals surface area contributed by atoms with E-state index in [1.54, 1.807) is 0 Å². The fourth-order valence-electron chi connectivity index (χ4n) is 3.70. The van der Waals surface area contributed by atoms with Gasteiger partial charge in [-0.15, -0.1) is 0 Å². The van der Waals surface area contributed by atoms with Crippen LogP contribution in [0.2, 0.25) is 22.3 Å². The average Bonchev–Trinajstić information content (AvgIpc) is 2.73. The van der Waals surface area contributed by atoms with Crippen molar-refractivity contribution in [2.45, 2.75) is 145 Å². The summed E-state index contributed by atoms with van der Waals surface area (Å²) in [6, 6.07) is 0. The number of hydrogen-bond donors (Lipinski definition) is 1. The Labute approximate surface area is 209 Å². The Morgan fingerprint density at radius 2 is 1.03 bits per heavy atom. The molecule has 1 N–H and O–H groups in total. The van der Waals surface area contributed by atoms with Gasteiger partial charge in [0.1, 0.15) is 0 Å². The van der Waals surface area contributed by atoms with Crippen LogP contribution in [0.1, 0.15) is 122 Å². The van der Waals surface area contributed by atoms with Crippen LogP contribution in [0.3, 0.4) is 0 Å². The first-order valence-corrected chi connectivity index (χ1v) is 22.3. The van der Waals surface area contributed by atoms with Gasteiger partial charge in [-0.2, -0.15) is 0 Å². The van der Waals surface area contributed by atoms with Crippen molar-refractivity contribution in [1.29, 1.82) is 0 Å². The van der Waals surface area contributed by atoms with Gasteiger partial charge in [0, 0.05) is 0 Å². The molecule has 0 aliphatic heterocycles. The van der Waals surface area contributed by atoms with E-state index in [4.69, 9.17) is 9.05 Å². The van der Waals surface area contributed by atoms with E-state index in [9.17, 15) is 9.46 Å². The van der Waals surface area contributed by atoms with Crippen LogP contribution in [0.5, 0.6) is 0 Å². The van der Waals surface area contributed by atoms with Gasteiger partial charge in [-0.25, -0.2) is 0 Å². The molecule has 0 amide bonds. The molecule has 0 bridgehead atoms. The van der Waals surface area contributed by atoms with Crippen molar-refractivity contribution in [3.05, 3.63) is 12.2 Å². The van der Waals surface area contributed by atoms with E-state index in [1.807, 2.05) is 0 Å². The average molecular weight is 552 g/mol. The summed E-state index contributed by atoms with van der Waals surface area (Å²) >= 11 is -1.57. The fourth-order valence-corrected chi connectivity index (χ4v) is 6.11. The first-order chi connectivity index (χ1) is 15.8. The van der Waals surface area contributed by atoms with Crippen molar-refractivity contribution < 1.29 is 18.5 Å². The summed E-state index contributed by atoms with van der Waals surface area (Å²) in [6.45, 7) is 2.92. The Bertz CT molecular complexity index is 491. The molecule has 0 fully saturated rings. The molecule has 1 radical (unpaired) electrons. The van der Waals surface area contributed by atoms with Gasteiger partial charge in [0.15, 0.2) is 0 Å². The molecule has 1 unspecified atom stereocenters. The second-order valence-electron chi connectivity index (χ2n) is 10.5. The van der Waals surface area contributed by atoms with E-state index < -0.39 is 21.4 Å². The minimum absolute atomic E-state index is 0.316. The van der Waals surface area contributed by atoms with E-state index in [0.29, 0.717) is 13.2 Å². The van der Waals surface area contributed by atoms with Gasteiger partial charge < -0.3 is 0 Å². The molecule has 6 heteroatoms. The summed E-state index contributed by atoms with van der Waals surface area (Å²) in [4.78, 5) is 9.70. The minimum atomic E-state index is -3.85. The molecule has 0 heterocycles. The van der Waals surface area contributed by atoms with Crippen molar-refractivity contribution >= 4 is 21.4 Å². The molecule has 0 aromatic carbocycles. The van der Waals surface area contributed by atoms with Gasteiger partial charge in [-0.3, -0.25) is 0 Å². The van der Waals surface area contributed by atoms with Gasteiger partial charge in [-0.05, 0) is 25.7 Å². The van der Waals surface area contributed by atoms with Gasteiger partial charge >= 0.3 is 114 Å². The van der Waals surface area contributed by atoms with Crippen molar-refractivity contribution in [2.24, 2.45) is 0 Å². The number of phosphoric ester groups is 1. The molecule has 0 aliphatic carbocycles. The molecule has 0 spiro atoms. The first-order valence-electron chi connectivity index (χ1n) is 13.8. The summed E-state index contributed by atoms with van der Waals surface area (Å²) in [5.41, 5.74) is 6.76. The van der Waals surface area contributed by atoms with E-state index in [-0.39, 0.29) is 0 Å². The van der Waals surface area contributed by atoms with Crippen LogP contribution < -0.4 is 0 Å². The molecule has 0 aromatic heterocycles. The maximum atomic E-state index is 11.8. The molecule has 0 saturated carbocycles. The molecule has 0 aromatic rings. The van der Waals surface area contributed by atoms with Crippen LogP contribution in [0, 0.1) is 0 Å². The number of allylic oxidation sites excluding steroid dienone is 2. The first kappa shape index (κ1) is 33.4. The number of rotatable bonds is 25. The molecular weight excluding hydrogens is 494 g/mol. The van der Waals surface area contributed by atoms with Crippen molar-refractivity contribution in [3.8, 4) is 0 Å². The van der Waals surface area contributed by atoms with Gasteiger partial charge in [0.2, 0.25) is 0 Å². The van der Waals surface area contributed by atoms with Crippen LogP contribution in [-0.4, -0.2) is 31.7 Å². The molecule has 4 nitrogen and oxygen atoms in total. The number of hydrogen-bond acceptors (Lipinski definition) is 3. The van der Waals surface area contributed by atoms with Crippen LogP contribution >= 0.6 is 7.82 Å². The number of phosphoric acid groups is 1. The molecule has 33 heavy (non-hydrogen) atoms. The zero-order valence-corrected chi connectivity index (χ0v) is 25.3. The zero-order chi connectivity index (χ0) is 24.7. The van der Waals surface area contributed by atoms with Crippen molar-refractivity contribution in [1.82, 2.24) is 0 Å². The Hall–Kier alpha value is 0.408. The summed E-state index contributed by atoms with van der Waals surface area (Å²) in [6.07, 6.45) is 28.0.